The van der Waals surface area contributed by atoms with Crippen molar-refractivity contribution in [2.45, 2.75) is 65.2 Å². The number of aromatic nitrogens is 2. The van der Waals surface area contributed by atoms with Crippen LogP contribution in [0.3, 0.4) is 0 Å². The standard InChI is InChI=1S/C24H33N3O3/c1-17-22(13-14-23(28)30-3)18(2)27(26-17)21-11-9-20(10-12-21)24(29)25-16-15-19-7-5-4-6-8-19/h9-12,19H,4-8,13-16H2,1-3H3,(H,25,29). The first kappa shape index (κ1) is 22.1. The van der Waals surface area contributed by atoms with Gasteiger partial charge < -0.3 is 10.1 Å². The minimum absolute atomic E-state index is 0.0236. The maximum absolute atomic E-state index is 12.5. The zero-order chi connectivity index (χ0) is 21.5. The van der Waals surface area contributed by atoms with Gasteiger partial charge in [-0.25, -0.2) is 4.68 Å². The normalized spacial score (nSPS) is 14.5. The Balaban J connectivity index is 1.59. The fraction of sp³-hybridized carbons (Fsp3) is 0.542. The molecule has 30 heavy (non-hydrogen) atoms. The SMILES string of the molecule is COC(=O)CCc1c(C)nn(-c2ccc(C(=O)NCCC3CCCCC3)cc2)c1C. The summed E-state index contributed by atoms with van der Waals surface area (Å²) >= 11 is 0. The van der Waals surface area contributed by atoms with Crippen LogP contribution < -0.4 is 5.32 Å². The minimum atomic E-state index is -0.222. The number of hydrogen-bond donors (Lipinski definition) is 1. The monoisotopic (exact) mass is 411 g/mol. The molecule has 162 valence electrons. The fourth-order valence-corrected chi connectivity index (χ4v) is 4.34. The number of carbonyl (C=O) groups is 2. The fourth-order valence-electron chi connectivity index (χ4n) is 4.34. The minimum Gasteiger partial charge on any atom is -0.469 e. The smallest absolute Gasteiger partial charge is 0.305 e. The predicted octanol–water partition coefficient (Wildman–Crippen LogP) is 4.29. The molecule has 0 aliphatic heterocycles. The van der Waals surface area contributed by atoms with Gasteiger partial charge >= 0.3 is 5.97 Å². The molecule has 0 atom stereocenters. The number of nitrogens with one attached hydrogen (secondary N) is 1. The number of amides is 1. The van der Waals surface area contributed by atoms with Crippen LogP contribution in [0.1, 0.15) is 72.3 Å². The number of aryl methyl sites for hydroxylation is 1. The molecule has 1 fully saturated rings. The summed E-state index contributed by atoms with van der Waals surface area (Å²) in [6.07, 6.45) is 8.63. The lowest BCUT2D eigenvalue weighted by Gasteiger charge is -2.21. The second-order valence-electron chi connectivity index (χ2n) is 8.23. The average Bonchev–Trinajstić information content (AvgIpc) is 3.06. The number of benzene rings is 1. The maximum atomic E-state index is 12.5. The van der Waals surface area contributed by atoms with Gasteiger partial charge in [-0.3, -0.25) is 9.59 Å². The van der Waals surface area contributed by atoms with Crippen LogP contribution in [-0.4, -0.2) is 35.3 Å². The highest BCUT2D eigenvalue weighted by Gasteiger charge is 2.16. The molecule has 1 N–H and O–H groups in total. The lowest BCUT2D eigenvalue weighted by molar-refractivity contribution is -0.140. The summed E-state index contributed by atoms with van der Waals surface area (Å²) in [6, 6.07) is 7.52. The van der Waals surface area contributed by atoms with Crippen molar-refractivity contribution in [1.29, 1.82) is 0 Å². The number of rotatable bonds is 8. The highest BCUT2D eigenvalue weighted by atomic mass is 16.5. The molecular formula is C24H33N3O3. The first-order chi connectivity index (χ1) is 14.5. The summed E-state index contributed by atoms with van der Waals surface area (Å²) in [5.41, 5.74) is 4.53. The van der Waals surface area contributed by atoms with Gasteiger partial charge in [-0.2, -0.15) is 5.10 Å². The van der Waals surface area contributed by atoms with E-state index in [9.17, 15) is 9.59 Å². The van der Waals surface area contributed by atoms with Crippen LogP contribution in [0.4, 0.5) is 0 Å². The van der Waals surface area contributed by atoms with Crippen molar-refractivity contribution < 1.29 is 14.3 Å². The second kappa shape index (κ2) is 10.4. The van der Waals surface area contributed by atoms with E-state index in [0.29, 0.717) is 18.4 Å². The zero-order valence-electron chi connectivity index (χ0n) is 18.4. The van der Waals surface area contributed by atoms with Gasteiger partial charge in [-0.05, 0) is 62.4 Å². The number of carbonyl (C=O) groups excluding carboxylic acids is 2. The molecule has 1 aromatic carbocycles. The van der Waals surface area contributed by atoms with Crippen LogP contribution in [0.5, 0.6) is 0 Å². The third-order valence-electron chi connectivity index (χ3n) is 6.18. The van der Waals surface area contributed by atoms with Crippen LogP contribution in [-0.2, 0) is 16.0 Å². The van der Waals surface area contributed by atoms with E-state index in [1.54, 1.807) is 0 Å². The van der Waals surface area contributed by atoms with Gasteiger partial charge in [-0.15, -0.1) is 0 Å². The lowest BCUT2D eigenvalue weighted by atomic mass is 9.87. The molecule has 1 aliphatic rings. The molecule has 6 heteroatoms. The highest BCUT2D eigenvalue weighted by molar-refractivity contribution is 5.94. The highest BCUT2D eigenvalue weighted by Crippen LogP contribution is 2.25. The Kier molecular flexibility index (Phi) is 7.66. The second-order valence-corrected chi connectivity index (χ2v) is 8.23. The summed E-state index contributed by atoms with van der Waals surface area (Å²) in [6.45, 7) is 4.69. The van der Waals surface area contributed by atoms with Gasteiger partial charge in [0.1, 0.15) is 0 Å². The molecule has 6 nitrogen and oxygen atoms in total. The van der Waals surface area contributed by atoms with Crippen molar-refractivity contribution in [2.75, 3.05) is 13.7 Å². The van der Waals surface area contributed by atoms with E-state index in [-0.39, 0.29) is 11.9 Å². The van der Waals surface area contributed by atoms with Crippen molar-refractivity contribution in [3.05, 3.63) is 46.8 Å². The van der Waals surface area contributed by atoms with E-state index in [2.05, 4.69) is 10.4 Å². The van der Waals surface area contributed by atoms with Gasteiger partial charge in [0.15, 0.2) is 0 Å². The molecule has 0 bridgehead atoms. The van der Waals surface area contributed by atoms with E-state index in [0.717, 1.165) is 41.5 Å². The van der Waals surface area contributed by atoms with Crippen molar-refractivity contribution in [1.82, 2.24) is 15.1 Å². The first-order valence-electron chi connectivity index (χ1n) is 11.0. The number of methoxy groups -OCH3 is 1. The molecule has 1 heterocycles. The van der Waals surface area contributed by atoms with Crippen molar-refractivity contribution in [3.63, 3.8) is 0 Å². The Bertz CT molecular complexity index is 865. The number of ether oxygens (including phenoxy) is 1. The Morgan fingerprint density at radius 1 is 1.13 bits per heavy atom. The third kappa shape index (κ3) is 5.49. The van der Waals surface area contributed by atoms with Gasteiger partial charge in [0, 0.05) is 24.2 Å². The molecule has 1 aromatic heterocycles. The molecule has 1 aliphatic carbocycles. The van der Waals surface area contributed by atoms with Crippen LogP contribution in [0.25, 0.3) is 5.69 Å². The summed E-state index contributed by atoms with van der Waals surface area (Å²) in [4.78, 5) is 23.9. The summed E-state index contributed by atoms with van der Waals surface area (Å²) in [5, 5.41) is 7.68. The summed E-state index contributed by atoms with van der Waals surface area (Å²) < 4.78 is 6.60. The lowest BCUT2D eigenvalue weighted by Crippen LogP contribution is -2.26. The number of nitrogens with zero attached hydrogens (tertiary/aromatic N) is 2. The van der Waals surface area contributed by atoms with Crippen LogP contribution >= 0.6 is 0 Å². The van der Waals surface area contributed by atoms with Gasteiger partial charge in [0.25, 0.3) is 5.91 Å². The number of esters is 1. The topological polar surface area (TPSA) is 73.2 Å². The molecule has 1 amide bonds. The largest absolute Gasteiger partial charge is 0.469 e. The zero-order valence-corrected chi connectivity index (χ0v) is 18.4. The third-order valence-corrected chi connectivity index (χ3v) is 6.18. The van der Waals surface area contributed by atoms with E-state index >= 15 is 0 Å². The Morgan fingerprint density at radius 3 is 2.50 bits per heavy atom. The van der Waals surface area contributed by atoms with Crippen molar-refractivity contribution >= 4 is 11.9 Å². The Labute approximate surface area is 179 Å². The first-order valence-corrected chi connectivity index (χ1v) is 11.0. The van der Waals surface area contributed by atoms with Crippen LogP contribution in [0, 0.1) is 19.8 Å². The molecule has 0 spiro atoms. The van der Waals surface area contributed by atoms with Crippen LogP contribution in [0.2, 0.25) is 0 Å². The van der Waals surface area contributed by atoms with Gasteiger partial charge in [0.05, 0.1) is 18.5 Å². The van der Waals surface area contributed by atoms with Crippen molar-refractivity contribution in [2.24, 2.45) is 5.92 Å². The summed E-state index contributed by atoms with van der Waals surface area (Å²) in [5.74, 6) is 0.519. The van der Waals surface area contributed by atoms with E-state index < -0.39 is 0 Å². The summed E-state index contributed by atoms with van der Waals surface area (Å²) in [7, 11) is 1.40. The molecule has 2 aromatic rings. The maximum Gasteiger partial charge on any atom is 0.305 e. The van der Waals surface area contributed by atoms with Crippen molar-refractivity contribution in [3.8, 4) is 5.69 Å². The molecule has 0 unspecified atom stereocenters. The predicted molar refractivity (Wildman–Crippen MR) is 117 cm³/mol. The van der Waals surface area contributed by atoms with E-state index in [4.69, 9.17) is 4.74 Å². The molecule has 0 radical (unpaired) electrons. The van der Waals surface area contributed by atoms with Gasteiger partial charge in [0.2, 0.25) is 0 Å². The molecule has 0 saturated heterocycles. The van der Waals surface area contributed by atoms with Gasteiger partial charge in [-0.1, -0.05) is 32.1 Å². The van der Waals surface area contributed by atoms with E-state index in [1.165, 1.54) is 39.2 Å². The Morgan fingerprint density at radius 2 is 1.83 bits per heavy atom. The van der Waals surface area contributed by atoms with Crippen LogP contribution in [0.15, 0.2) is 24.3 Å². The quantitative estimate of drug-likeness (QED) is 0.658. The molecule has 1 saturated carbocycles. The van der Waals surface area contributed by atoms with E-state index in [1.807, 2.05) is 42.8 Å². The number of hydrogen-bond acceptors (Lipinski definition) is 4. The average molecular weight is 412 g/mol. The molecular weight excluding hydrogens is 378 g/mol. The molecule has 3 rings (SSSR count). The Hall–Kier alpha value is -2.63.